The van der Waals surface area contributed by atoms with E-state index in [0.717, 1.165) is 5.69 Å². The molecule has 0 aliphatic carbocycles. The van der Waals surface area contributed by atoms with Crippen molar-refractivity contribution in [1.82, 2.24) is 10.0 Å². The molecule has 5 amide bonds. The van der Waals surface area contributed by atoms with E-state index in [-0.39, 0.29) is 12.5 Å². The van der Waals surface area contributed by atoms with Gasteiger partial charge in [-0.15, -0.1) is 0 Å². The summed E-state index contributed by atoms with van der Waals surface area (Å²) in [7, 11) is 0. The molecule has 2 N–H and O–H groups in total. The summed E-state index contributed by atoms with van der Waals surface area (Å²) in [4.78, 5) is 39.0. The third kappa shape index (κ3) is 4.89. The van der Waals surface area contributed by atoms with Gasteiger partial charge in [-0.05, 0) is 55.0 Å². The van der Waals surface area contributed by atoms with Gasteiger partial charge < -0.3 is 20.3 Å². The summed E-state index contributed by atoms with van der Waals surface area (Å²) in [5.74, 6) is -0.0950. The lowest BCUT2D eigenvalue weighted by atomic mass is 10.2. The maximum absolute atomic E-state index is 12.8. The van der Waals surface area contributed by atoms with E-state index in [4.69, 9.17) is 16.3 Å². The Morgan fingerprint density at radius 2 is 1.39 bits per heavy atom. The molecule has 0 atom stereocenters. The molecule has 2 aromatic rings. The van der Waals surface area contributed by atoms with E-state index >= 15 is 0 Å². The van der Waals surface area contributed by atoms with Crippen LogP contribution in [-0.2, 0) is 9.53 Å². The fraction of sp³-hybridized carbons (Fsp3) is 0.286. The molecule has 0 unspecified atom stereocenters. The van der Waals surface area contributed by atoms with Crippen molar-refractivity contribution >= 4 is 46.6 Å². The molecule has 4 rings (SSSR count). The Kier molecular flexibility index (Phi) is 6.24. The van der Waals surface area contributed by atoms with Gasteiger partial charge in [-0.25, -0.2) is 19.6 Å². The molecule has 0 aromatic heterocycles. The average Bonchev–Trinajstić information content (AvgIpc) is 3.27. The zero-order chi connectivity index (χ0) is 21.8. The maximum atomic E-state index is 12.8. The number of benzene rings is 2. The van der Waals surface area contributed by atoms with E-state index in [1.165, 1.54) is 10.0 Å². The first-order chi connectivity index (χ1) is 15.0. The molecule has 31 heavy (non-hydrogen) atoms. The average molecular weight is 444 g/mol. The van der Waals surface area contributed by atoms with Crippen LogP contribution in [-0.4, -0.2) is 60.8 Å². The van der Waals surface area contributed by atoms with E-state index in [1.807, 2.05) is 0 Å². The number of nitrogens with one attached hydrogen (secondary N) is 2. The van der Waals surface area contributed by atoms with Gasteiger partial charge in [0.15, 0.2) is 0 Å². The van der Waals surface area contributed by atoms with E-state index in [2.05, 4.69) is 10.6 Å². The Balaban J connectivity index is 1.37. The molecule has 2 aliphatic heterocycles. The van der Waals surface area contributed by atoms with E-state index < -0.39 is 12.1 Å². The lowest BCUT2D eigenvalue weighted by molar-refractivity contribution is -0.125. The highest BCUT2D eigenvalue weighted by atomic mass is 35.5. The van der Waals surface area contributed by atoms with Crippen molar-refractivity contribution in [3.63, 3.8) is 0 Å². The molecule has 2 aliphatic rings. The van der Waals surface area contributed by atoms with E-state index in [1.54, 1.807) is 53.4 Å². The Morgan fingerprint density at radius 3 is 1.94 bits per heavy atom. The Hall–Kier alpha value is -3.30. The molecule has 0 spiro atoms. The van der Waals surface area contributed by atoms with Crippen molar-refractivity contribution in [3.05, 3.63) is 53.6 Å². The number of hydrogen-bond acceptors (Lipinski definition) is 4. The van der Waals surface area contributed by atoms with Crippen LogP contribution in [0.25, 0.3) is 0 Å². The molecule has 0 radical (unpaired) electrons. The lowest BCUT2D eigenvalue weighted by Crippen LogP contribution is -2.48. The second-order valence-electron chi connectivity index (χ2n) is 7.11. The smallest absolute Gasteiger partial charge is 0.340 e. The number of anilines is 3. The number of halogens is 1. The largest absolute Gasteiger partial charge is 0.370 e. The van der Waals surface area contributed by atoms with Gasteiger partial charge in [0.2, 0.25) is 0 Å². The first-order valence-electron chi connectivity index (χ1n) is 9.92. The number of amides is 5. The number of morpholine rings is 1. The minimum Gasteiger partial charge on any atom is -0.370 e. The predicted molar refractivity (Wildman–Crippen MR) is 117 cm³/mol. The molecule has 2 heterocycles. The minimum absolute atomic E-state index is 0.0708. The summed E-state index contributed by atoms with van der Waals surface area (Å²) >= 11 is 5.87. The first-order valence-corrected chi connectivity index (χ1v) is 10.3. The molecule has 2 aromatic carbocycles. The third-order valence-electron chi connectivity index (χ3n) is 5.01. The quantitative estimate of drug-likeness (QED) is 0.760. The lowest BCUT2D eigenvalue weighted by Gasteiger charge is -2.28. The van der Waals surface area contributed by atoms with E-state index in [0.29, 0.717) is 49.1 Å². The van der Waals surface area contributed by atoms with Crippen molar-refractivity contribution in [3.8, 4) is 0 Å². The van der Waals surface area contributed by atoms with Crippen LogP contribution in [0.15, 0.2) is 48.5 Å². The van der Waals surface area contributed by atoms with E-state index in [9.17, 15) is 14.4 Å². The molecule has 2 fully saturated rings. The summed E-state index contributed by atoms with van der Waals surface area (Å²) < 4.78 is 5.14. The van der Waals surface area contributed by atoms with Gasteiger partial charge in [-0.3, -0.25) is 4.79 Å². The summed E-state index contributed by atoms with van der Waals surface area (Å²) in [6.45, 7) is 1.93. The monoisotopic (exact) mass is 443 g/mol. The third-order valence-corrected chi connectivity index (χ3v) is 5.26. The minimum atomic E-state index is -0.404. The summed E-state index contributed by atoms with van der Waals surface area (Å²) in [5.41, 5.74) is 1.91. The van der Waals surface area contributed by atoms with Crippen molar-refractivity contribution < 1.29 is 19.1 Å². The highest BCUT2D eigenvalue weighted by Crippen LogP contribution is 2.21. The normalized spacial score (nSPS) is 16.4. The Bertz CT molecular complexity index is 967. The zero-order valence-corrected chi connectivity index (χ0v) is 17.5. The molecule has 10 heteroatoms. The van der Waals surface area contributed by atoms with Crippen LogP contribution in [0.5, 0.6) is 0 Å². The number of rotatable bonds is 3. The van der Waals surface area contributed by atoms with Crippen LogP contribution in [0.1, 0.15) is 6.42 Å². The fourth-order valence-corrected chi connectivity index (χ4v) is 3.58. The number of hydrazine groups is 1. The number of hydrogen-bond donors (Lipinski definition) is 2. The molecule has 0 bridgehead atoms. The van der Waals surface area contributed by atoms with Crippen molar-refractivity contribution in [1.29, 1.82) is 0 Å². The molecule has 9 nitrogen and oxygen atoms in total. The predicted octanol–water partition coefficient (Wildman–Crippen LogP) is 3.39. The Morgan fingerprint density at radius 1 is 0.839 bits per heavy atom. The van der Waals surface area contributed by atoms with Crippen molar-refractivity contribution in [2.45, 2.75) is 6.42 Å². The van der Waals surface area contributed by atoms with Gasteiger partial charge >= 0.3 is 12.1 Å². The summed E-state index contributed by atoms with van der Waals surface area (Å²) in [6, 6.07) is 13.0. The topological polar surface area (TPSA) is 94.2 Å². The van der Waals surface area contributed by atoms with Crippen LogP contribution >= 0.6 is 11.6 Å². The number of urea groups is 2. The summed E-state index contributed by atoms with van der Waals surface area (Å²) in [5, 5.41) is 8.90. The van der Waals surface area contributed by atoms with Crippen LogP contribution in [0.4, 0.5) is 26.7 Å². The second kappa shape index (κ2) is 9.23. The molecule has 2 saturated heterocycles. The standard InChI is InChI=1S/C21H22ClN5O4/c22-15-2-4-16(5-3-15)23-20(29)26-10-1-11-27(26)21(30)24-17-6-8-18(9-7-17)25-12-13-31-14-19(25)28/h2-9H,1,10-14H2,(H,23,29)(H,24,30). The molecule has 162 valence electrons. The highest BCUT2D eigenvalue weighted by Gasteiger charge is 2.31. The van der Waals surface area contributed by atoms with Gasteiger partial charge in [0.25, 0.3) is 5.91 Å². The van der Waals surface area contributed by atoms with Crippen molar-refractivity contribution in [2.24, 2.45) is 0 Å². The highest BCUT2D eigenvalue weighted by molar-refractivity contribution is 6.30. The second-order valence-corrected chi connectivity index (χ2v) is 7.55. The molecular formula is C21H22ClN5O4. The van der Waals surface area contributed by atoms with Gasteiger partial charge in [0.1, 0.15) is 6.61 Å². The number of nitrogens with zero attached hydrogens (tertiary/aromatic N) is 3. The van der Waals surface area contributed by atoms with Gasteiger partial charge in [0.05, 0.1) is 6.61 Å². The first kappa shape index (κ1) is 21.0. The zero-order valence-electron chi connectivity index (χ0n) is 16.7. The molecular weight excluding hydrogens is 422 g/mol. The van der Waals surface area contributed by atoms with Crippen LogP contribution in [0, 0.1) is 0 Å². The van der Waals surface area contributed by atoms with Crippen LogP contribution < -0.4 is 15.5 Å². The maximum Gasteiger partial charge on any atom is 0.340 e. The number of ether oxygens (including phenoxy) is 1. The number of carbonyl (C=O) groups excluding carboxylic acids is 3. The van der Waals surface area contributed by atoms with Crippen LogP contribution in [0.3, 0.4) is 0 Å². The number of carbonyl (C=O) groups is 3. The fourth-order valence-electron chi connectivity index (χ4n) is 3.46. The van der Waals surface area contributed by atoms with Crippen LogP contribution in [0.2, 0.25) is 5.02 Å². The van der Waals surface area contributed by atoms with Gasteiger partial charge in [-0.2, -0.15) is 0 Å². The summed E-state index contributed by atoms with van der Waals surface area (Å²) in [6.07, 6.45) is 0.680. The SMILES string of the molecule is O=C1COCCN1c1ccc(NC(=O)N2CCCN2C(=O)Nc2ccc(Cl)cc2)cc1. The van der Waals surface area contributed by atoms with Gasteiger partial charge in [-0.1, -0.05) is 11.6 Å². The Labute approximate surface area is 184 Å². The van der Waals surface area contributed by atoms with Crippen molar-refractivity contribution in [2.75, 3.05) is 48.4 Å². The van der Waals surface area contributed by atoms with Gasteiger partial charge in [0, 0.05) is 41.7 Å². The molecule has 0 saturated carbocycles.